The minimum absolute atomic E-state index is 0.307. The number of benzene rings is 2. The first kappa shape index (κ1) is 15.3. The van der Waals surface area contributed by atoms with Crippen molar-refractivity contribution in [3.63, 3.8) is 0 Å². The smallest absolute Gasteiger partial charge is 0.115 e. The molecule has 2 N–H and O–H groups in total. The van der Waals surface area contributed by atoms with Crippen molar-refractivity contribution in [3.05, 3.63) is 83.4 Å². The zero-order valence-corrected chi connectivity index (χ0v) is 13.2. The average Bonchev–Trinajstić information content (AvgIpc) is 2.93. The fraction of sp³-hybridized carbons (Fsp3) is 0.211. The fourth-order valence-electron chi connectivity index (χ4n) is 2.62. The summed E-state index contributed by atoms with van der Waals surface area (Å²) in [4.78, 5) is 4.26. The van der Waals surface area contributed by atoms with Crippen molar-refractivity contribution in [2.75, 3.05) is 0 Å². The Balaban J connectivity index is 1.58. The summed E-state index contributed by atoms with van der Waals surface area (Å²) < 4.78 is 2.14. The van der Waals surface area contributed by atoms with E-state index < -0.39 is 0 Å². The molecule has 1 aromatic heterocycles. The highest BCUT2D eigenvalue weighted by molar-refractivity contribution is 5.27. The lowest BCUT2D eigenvalue weighted by Gasteiger charge is -2.09. The number of aromatic nitrogens is 2. The van der Waals surface area contributed by atoms with Gasteiger partial charge in [-0.2, -0.15) is 0 Å². The molecule has 0 atom stereocenters. The summed E-state index contributed by atoms with van der Waals surface area (Å²) in [7, 11) is 0. The van der Waals surface area contributed by atoms with Gasteiger partial charge in [-0.15, -0.1) is 0 Å². The highest BCUT2D eigenvalue weighted by atomic mass is 16.3. The SMILES string of the molecule is Cc1nccn1Cc1cccc(CNCc2cccc(O)c2)c1. The largest absolute Gasteiger partial charge is 0.508 e. The number of phenols is 1. The molecule has 0 saturated carbocycles. The van der Waals surface area contributed by atoms with Gasteiger partial charge in [-0.05, 0) is 35.7 Å². The van der Waals surface area contributed by atoms with Crippen LogP contribution < -0.4 is 5.32 Å². The first-order valence-corrected chi connectivity index (χ1v) is 7.75. The number of hydrogen-bond acceptors (Lipinski definition) is 3. The molecule has 4 heteroatoms. The fourth-order valence-corrected chi connectivity index (χ4v) is 2.62. The van der Waals surface area contributed by atoms with Crippen LogP contribution in [-0.4, -0.2) is 14.7 Å². The van der Waals surface area contributed by atoms with Crippen LogP contribution >= 0.6 is 0 Å². The zero-order valence-electron chi connectivity index (χ0n) is 13.2. The molecular weight excluding hydrogens is 286 g/mol. The van der Waals surface area contributed by atoms with E-state index in [4.69, 9.17) is 0 Å². The molecule has 3 aromatic rings. The summed E-state index contributed by atoms with van der Waals surface area (Å²) in [6.45, 7) is 4.39. The first-order valence-electron chi connectivity index (χ1n) is 7.75. The predicted octanol–water partition coefficient (Wildman–Crippen LogP) is 3.24. The Bertz CT molecular complexity index is 780. The Morgan fingerprint density at radius 1 is 1.00 bits per heavy atom. The molecule has 0 radical (unpaired) electrons. The number of imidazole rings is 1. The van der Waals surface area contributed by atoms with Crippen LogP contribution in [0.3, 0.4) is 0 Å². The maximum Gasteiger partial charge on any atom is 0.115 e. The Morgan fingerprint density at radius 2 is 1.70 bits per heavy atom. The normalized spacial score (nSPS) is 10.8. The molecule has 4 nitrogen and oxygen atoms in total. The lowest BCUT2D eigenvalue weighted by molar-refractivity contribution is 0.474. The Hall–Kier alpha value is -2.59. The lowest BCUT2D eigenvalue weighted by atomic mass is 10.1. The van der Waals surface area contributed by atoms with Crippen LogP contribution in [-0.2, 0) is 19.6 Å². The van der Waals surface area contributed by atoms with E-state index in [1.54, 1.807) is 12.1 Å². The van der Waals surface area contributed by atoms with Crippen LogP contribution in [0.5, 0.6) is 5.75 Å². The van der Waals surface area contributed by atoms with Crippen LogP contribution in [0.2, 0.25) is 0 Å². The maximum absolute atomic E-state index is 9.48. The first-order chi connectivity index (χ1) is 11.2. The highest BCUT2D eigenvalue weighted by Gasteiger charge is 2.01. The molecule has 0 saturated heterocycles. The third-order valence-corrected chi connectivity index (χ3v) is 3.84. The van der Waals surface area contributed by atoms with Crippen molar-refractivity contribution in [3.8, 4) is 5.75 Å². The van der Waals surface area contributed by atoms with E-state index in [0.717, 1.165) is 31.0 Å². The van der Waals surface area contributed by atoms with Gasteiger partial charge < -0.3 is 15.0 Å². The summed E-state index contributed by atoms with van der Waals surface area (Å²) in [5.74, 6) is 1.33. The minimum Gasteiger partial charge on any atom is -0.508 e. The molecule has 3 rings (SSSR count). The summed E-state index contributed by atoms with van der Waals surface area (Å²) in [5.41, 5.74) is 3.60. The number of aromatic hydroxyl groups is 1. The third kappa shape index (κ3) is 4.20. The monoisotopic (exact) mass is 307 g/mol. The van der Waals surface area contributed by atoms with E-state index in [1.165, 1.54) is 11.1 Å². The van der Waals surface area contributed by atoms with E-state index in [1.807, 2.05) is 31.5 Å². The molecule has 0 spiro atoms. The van der Waals surface area contributed by atoms with Gasteiger partial charge >= 0.3 is 0 Å². The van der Waals surface area contributed by atoms with E-state index in [9.17, 15) is 5.11 Å². The molecule has 0 fully saturated rings. The molecule has 0 aliphatic carbocycles. The van der Waals surface area contributed by atoms with Crippen molar-refractivity contribution in [2.24, 2.45) is 0 Å². The highest BCUT2D eigenvalue weighted by Crippen LogP contribution is 2.12. The number of phenolic OH excluding ortho intramolecular Hbond substituents is 1. The van der Waals surface area contributed by atoms with Gasteiger partial charge in [0.25, 0.3) is 0 Å². The van der Waals surface area contributed by atoms with E-state index in [2.05, 4.69) is 39.1 Å². The molecule has 0 bridgehead atoms. The Kier molecular flexibility index (Phi) is 4.74. The molecule has 23 heavy (non-hydrogen) atoms. The number of nitrogens with zero attached hydrogens (tertiary/aromatic N) is 2. The van der Waals surface area contributed by atoms with Crippen LogP contribution in [0, 0.1) is 6.92 Å². The number of aryl methyl sites for hydroxylation is 1. The van der Waals surface area contributed by atoms with Crippen molar-refractivity contribution >= 4 is 0 Å². The second kappa shape index (κ2) is 7.11. The van der Waals surface area contributed by atoms with Crippen molar-refractivity contribution in [1.82, 2.24) is 14.9 Å². The summed E-state index contributed by atoms with van der Waals surface area (Å²) in [6.07, 6.45) is 3.83. The lowest BCUT2D eigenvalue weighted by Crippen LogP contribution is -2.13. The van der Waals surface area contributed by atoms with Crippen molar-refractivity contribution in [1.29, 1.82) is 0 Å². The van der Waals surface area contributed by atoms with Crippen molar-refractivity contribution < 1.29 is 5.11 Å². The van der Waals surface area contributed by atoms with Crippen LogP contribution in [0.1, 0.15) is 22.5 Å². The topological polar surface area (TPSA) is 50.1 Å². The summed E-state index contributed by atoms with van der Waals surface area (Å²) in [5, 5.41) is 12.9. The molecule has 0 aliphatic heterocycles. The minimum atomic E-state index is 0.307. The van der Waals surface area contributed by atoms with Gasteiger partial charge in [-0.3, -0.25) is 0 Å². The standard InChI is InChI=1S/C19H21N3O/c1-15-21-8-9-22(15)14-18-6-2-4-16(10-18)12-20-13-17-5-3-7-19(23)11-17/h2-11,20,23H,12-14H2,1H3. The molecule has 2 aromatic carbocycles. The predicted molar refractivity (Wildman–Crippen MR) is 91.2 cm³/mol. The molecular formula is C19H21N3O. The van der Waals surface area contributed by atoms with Crippen LogP contribution in [0.25, 0.3) is 0 Å². The van der Waals surface area contributed by atoms with Gasteiger partial charge in [-0.25, -0.2) is 4.98 Å². The molecule has 118 valence electrons. The van der Waals surface area contributed by atoms with Gasteiger partial charge in [0, 0.05) is 32.0 Å². The Labute approximate surface area is 136 Å². The van der Waals surface area contributed by atoms with Gasteiger partial charge in [0.05, 0.1) is 0 Å². The second-order valence-electron chi connectivity index (χ2n) is 5.70. The zero-order chi connectivity index (χ0) is 16.1. The summed E-state index contributed by atoms with van der Waals surface area (Å²) >= 11 is 0. The maximum atomic E-state index is 9.48. The number of nitrogens with one attached hydrogen (secondary N) is 1. The number of rotatable bonds is 6. The third-order valence-electron chi connectivity index (χ3n) is 3.84. The second-order valence-corrected chi connectivity index (χ2v) is 5.70. The van der Waals surface area contributed by atoms with Crippen LogP contribution in [0.4, 0.5) is 0 Å². The Morgan fingerprint density at radius 3 is 2.39 bits per heavy atom. The van der Waals surface area contributed by atoms with Crippen molar-refractivity contribution in [2.45, 2.75) is 26.6 Å². The van der Waals surface area contributed by atoms with Gasteiger partial charge in [0.2, 0.25) is 0 Å². The molecule has 1 heterocycles. The van der Waals surface area contributed by atoms with Gasteiger partial charge in [0.15, 0.2) is 0 Å². The van der Waals surface area contributed by atoms with E-state index in [0.29, 0.717) is 5.75 Å². The summed E-state index contributed by atoms with van der Waals surface area (Å²) in [6, 6.07) is 15.9. The quantitative estimate of drug-likeness (QED) is 0.735. The van der Waals surface area contributed by atoms with E-state index in [-0.39, 0.29) is 0 Å². The van der Waals surface area contributed by atoms with Gasteiger partial charge in [0.1, 0.15) is 11.6 Å². The van der Waals surface area contributed by atoms with E-state index >= 15 is 0 Å². The molecule has 0 amide bonds. The molecule has 0 unspecified atom stereocenters. The number of hydrogen-bond donors (Lipinski definition) is 2. The van der Waals surface area contributed by atoms with Gasteiger partial charge in [-0.1, -0.05) is 36.4 Å². The molecule has 0 aliphatic rings. The van der Waals surface area contributed by atoms with Crippen LogP contribution in [0.15, 0.2) is 60.9 Å². The average molecular weight is 307 g/mol.